The Morgan fingerprint density at radius 1 is 1.35 bits per heavy atom. The number of aliphatic imine (C=N–C) groups is 1. The average molecular weight is 291 g/mol. The van der Waals surface area contributed by atoms with E-state index in [1.807, 2.05) is 33.2 Å². The van der Waals surface area contributed by atoms with Gasteiger partial charge in [0.05, 0.1) is 23.8 Å². The van der Waals surface area contributed by atoms with Crippen molar-refractivity contribution in [1.29, 1.82) is 0 Å². The van der Waals surface area contributed by atoms with Crippen LogP contribution in [-0.2, 0) is 20.1 Å². The van der Waals surface area contributed by atoms with Crippen molar-refractivity contribution in [3.8, 4) is 0 Å². The standard InChI is InChI=1S/C14H21N5S/c1-10-13(20-11(2)18-10)9-17-14(15-3)16-8-12-6-5-7-19(12)4/h5-7H,8-9H2,1-4H3,(H2,15,16,17). The van der Waals surface area contributed by atoms with Crippen LogP contribution >= 0.6 is 11.3 Å². The summed E-state index contributed by atoms with van der Waals surface area (Å²) < 4.78 is 2.09. The largest absolute Gasteiger partial charge is 0.353 e. The van der Waals surface area contributed by atoms with Gasteiger partial charge in [-0.15, -0.1) is 11.3 Å². The summed E-state index contributed by atoms with van der Waals surface area (Å²) in [6.07, 6.45) is 2.04. The molecule has 0 aliphatic carbocycles. The molecule has 0 unspecified atom stereocenters. The molecule has 0 atom stereocenters. The van der Waals surface area contributed by atoms with Crippen LogP contribution in [0.25, 0.3) is 0 Å². The van der Waals surface area contributed by atoms with E-state index in [4.69, 9.17) is 0 Å². The van der Waals surface area contributed by atoms with E-state index in [-0.39, 0.29) is 0 Å². The van der Waals surface area contributed by atoms with Gasteiger partial charge in [-0.25, -0.2) is 4.98 Å². The summed E-state index contributed by atoms with van der Waals surface area (Å²) >= 11 is 1.72. The number of aromatic nitrogens is 2. The first-order chi connectivity index (χ1) is 9.60. The van der Waals surface area contributed by atoms with Crippen LogP contribution in [0.3, 0.4) is 0 Å². The van der Waals surface area contributed by atoms with E-state index in [1.165, 1.54) is 10.6 Å². The second-order valence-electron chi connectivity index (χ2n) is 4.63. The number of nitrogens with zero attached hydrogens (tertiary/aromatic N) is 3. The molecular weight excluding hydrogens is 270 g/mol. The molecule has 5 nitrogen and oxygen atoms in total. The van der Waals surface area contributed by atoms with Gasteiger partial charge in [0, 0.05) is 30.9 Å². The van der Waals surface area contributed by atoms with Crippen molar-refractivity contribution in [2.24, 2.45) is 12.0 Å². The smallest absolute Gasteiger partial charge is 0.191 e. The van der Waals surface area contributed by atoms with Gasteiger partial charge in [0.25, 0.3) is 0 Å². The first-order valence-electron chi connectivity index (χ1n) is 6.57. The van der Waals surface area contributed by atoms with Gasteiger partial charge in [-0.1, -0.05) is 0 Å². The number of aryl methyl sites for hydroxylation is 3. The summed E-state index contributed by atoms with van der Waals surface area (Å²) in [5.41, 5.74) is 2.32. The Kier molecular flexibility index (Phi) is 4.79. The van der Waals surface area contributed by atoms with Gasteiger partial charge in [0.2, 0.25) is 0 Å². The third-order valence-electron chi connectivity index (χ3n) is 3.13. The lowest BCUT2D eigenvalue weighted by atomic mass is 10.4. The highest BCUT2D eigenvalue weighted by atomic mass is 32.1. The highest BCUT2D eigenvalue weighted by molar-refractivity contribution is 7.11. The van der Waals surface area contributed by atoms with E-state index in [2.05, 4.69) is 31.2 Å². The molecule has 0 aromatic carbocycles. The van der Waals surface area contributed by atoms with Gasteiger partial charge >= 0.3 is 0 Å². The van der Waals surface area contributed by atoms with Crippen LogP contribution in [0.1, 0.15) is 21.3 Å². The molecule has 108 valence electrons. The molecule has 2 aromatic rings. The number of hydrogen-bond donors (Lipinski definition) is 2. The van der Waals surface area contributed by atoms with E-state index >= 15 is 0 Å². The molecule has 0 aliphatic heterocycles. The highest BCUT2D eigenvalue weighted by Crippen LogP contribution is 2.16. The van der Waals surface area contributed by atoms with Gasteiger partial charge in [0.15, 0.2) is 5.96 Å². The fourth-order valence-electron chi connectivity index (χ4n) is 1.98. The number of thiazole rings is 1. The van der Waals surface area contributed by atoms with Gasteiger partial charge in [-0.05, 0) is 26.0 Å². The average Bonchev–Trinajstić information content (AvgIpc) is 2.96. The molecule has 0 radical (unpaired) electrons. The molecule has 2 N–H and O–H groups in total. The van der Waals surface area contributed by atoms with Crippen LogP contribution in [-0.4, -0.2) is 22.6 Å². The molecule has 2 aromatic heterocycles. The molecular formula is C14H21N5S. The molecule has 0 amide bonds. The van der Waals surface area contributed by atoms with Gasteiger partial charge in [-0.2, -0.15) is 0 Å². The molecule has 0 saturated carbocycles. The predicted octanol–water partition coefficient (Wildman–Crippen LogP) is 1.96. The molecule has 0 bridgehead atoms. The Morgan fingerprint density at radius 2 is 2.10 bits per heavy atom. The van der Waals surface area contributed by atoms with Crippen LogP contribution in [0.4, 0.5) is 0 Å². The minimum absolute atomic E-state index is 0.754. The molecule has 0 aliphatic rings. The van der Waals surface area contributed by atoms with Gasteiger partial charge in [-0.3, -0.25) is 4.99 Å². The monoisotopic (exact) mass is 291 g/mol. The van der Waals surface area contributed by atoms with Crippen LogP contribution < -0.4 is 10.6 Å². The number of guanidine groups is 1. The summed E-state index contributed by atoms with van der Waals surface area (Å²) in [4.78, 5) is 9.92. The maximum absolute atomic E-state index is 4.43. The van der Waals surface area contributed by atoms with Crippen LogP contribution in [0.5, 0.6) is 0 Å². The zero-order valence-corrected chi connectivity index (χ0v) is 13.2. The van der Waals surface area contributed by atoms with E-state index in [0.717, 1.165) is 29.8 Å². The first kappa shape index (κ1) is 14.6. The lowest BCUT2D eigenvalue weighted by molar-refractivity contribution is 0.751. The van der Waals surface area contributed by atoms with E-state index < -0.39 is 0 Å². The molecule has 2 rings (SSSR count). The number of nitrogens with one attached hydrogen (secondary N) is 2. The molecule has 0 fully saturated rings. The fraction of sp³-hybridized carbons (Fsp3) is 0.429. The Bertz CT molecular complexity index is 596. The van der Waals surface area contributed by atoms with Crippen molar-refractivity contribution < 1.29 is 0 Å². The quantitative estimate of drug-likeness (QED) is 0.669. The van der Waals surface area contributed by atoms with Crippen molar-refractivity contribution in [2.75, 3.05) is 7.05 Å². The summed E-state index contributed by atoms with van der Waals surface area (Å²) in [5, 5.41) is 7.74. The number of rotatable bonds is 4. The van der Waals surface area contributed by atoms with Crippen LogP contribution in [0.15, 0.2) is 23.3 Å². The zero-order valence-electron chi connectivity index (χ0n) is 12.4. The van der Waals surface area contributed by atoms with Gasteiger partial charge in [0.1, 0.15) is 0 Å². The summed E-state index contributed by atoms with van der Waals surface area (Å²) in [5.74, 6) is 0.802. The molecule has 0 spiro atoms. The van der Waals surface area contributed by atoms with E-state index in [9.17, 15) is 0 Å². The minimum Gasteiger partial charge on any atom is -0.353 e. The Morgan fingerprint density at radius 3 is 2.65 bits per heavy atom. The predicted molar refractivity (Wildman–Crippen MR) is 84.0 cm³/mol. The van der Waals surface area contributed by atoms with Crippen LogP contribution in [0, 0.1) is 13.8 Å². The van der Waals surface area contributed by atoms with E-state index in [1.54, 1.807) is 18.4 Å². The normalized spacial score (nSPS) is 11.7. The maximum atomic E-state index is 4.43. The molecule has 0 saturated heterocycles. The second kappa shape index (κ2) is 6.56. The topological polar surface area (TPSA) is 54.2 Å². The van der Waals surface area contributed by atoms with Crippen molar-refractivity contribution in [3.05, 3.63) is 39.6 Å². The van der Waals surface area contributed by atoms with Crippen molar-refractivity contribution >= 4 is 17.3 Å². The minimum atomic E-state index is 0.754. The highest BCUT2D eigenvalue weighted by Gasteiger charge is 2.06. The third-order valence-corrected chi connectivity index (χ3v) is 4.20. The van der Waals surface area contributed by atoms with Crippen molar-refractivity contribution in [1.82, 2.24) is 20.2 Å². The lowest BCUT2D eigenvalue weighted by Crippen LogP contribution is -2.36. The lowest BCUT2D eigenvalue weighted by Gasteiger charge is -2.12. The SMILES string of the molecule is CN=C(NCc1sc(C)nc1C)NCc1cccn1C. The number of hydrogen-bond acceptors (Lipinski definition) is 3. The maximum Gasteiger partial charge on any atom is 0.191 e. The molecule has 2 heterocycles. The third kappa shape index (κ3) is 3.60. The van der Waals surface area contributed by atoms with Crippen LogP contribution in [0.2, 0.25) is 0 Å². The second-order valence-corrected chi connectivity index (χ2v) is 5.92. The Hall–Kier alpha value is -1.82. The molecule has 20 heavy (non-hydrogen) atoms. The summed E-state index contributed by atoms with van der Waals surface area (Å²) in [7, 11) is 3.82. The van der Waals surface area contributed by atoms with Crippen molar-refractivity contribution in [3.63, 3.8) is 0 Å². The van der Waals surface area contributed by atoms with Gasteiger partial charge < -0.3 is 15.2 Å². The van der Waals surface area contributed by atoms with Crippen molar-refractivity contribution in [2.45, 2.75) is 26.9 Å². The Balaban J connectivity index is 1.87. The fourth-order valence-corrected chi connectivity index (χ4v) is 2.85. The zero-order chi connectivity index (χ0) is 14.5. The summed E-state index contributed by atoms with van der Waals surface area (Å²) in [6.45, 7) is 5.58. The molecule has 6 heteroatoms. The first-order valence-corrected chi connectivity index (χ1v) is 7.39. The Labute approximate surface area is 123 Å². The van der Waals surface area contributed by atoms with E-state index in [0.29, 0.717) is 0 Å². The summed E-state index contributed by atoms with van der Waals surface area (Å²) in [6, 6.07) is 4.13.